The van der Waals surface area contributed by atoms with Gasteiger partial charge in [0.2, 0.25) is 0 Å². The summed E-state index contributed by atoms with van der Waals surface area (Å²) in [6, 6.07) is 6.41. The topological polar surface area (TPSA) is 0 Å². The van der Waals surface area contributed by atoms with Crippen LogP contribution in [0.15, 0.2) is 23.1 Å². The average molecular weight is 187 g/mol. The summed E-state index contributed by atoms with van der Waals surface area (Å²) in [5, 5.41) is 0.629. The zero-order valence-electron chi connectivity index (χ0n) is 6.73. The Balaban J connectivity index is 2.90. The summed E-state index contributed by atoms with van der Waals surface area (Å²) < 4.78 is 0. The van der Waals surface area contributed by atoms with Crippen molar-refractivity contribution >= 4 is 23.4 Å². The molecule has 0 amide bonds. The standard InChI is InChI=1S/C9H11ClS/c1-7-3-4-9(11-6-10)8(2)5-7/h3-5H,6H2,1-2H3. The molecule has 0 radical (unpaired) electrons. The first-order chi connectivity index (χ1) is 5.24. The van der Waals surface area contributed by atoms with Crippen LogP contribution >= 0.6 is 23.4 Å². The van der Waals surface area contributed by atoms with Gasteiger partial charge in [-0.1, -0.05) is 17.7 Å². The third-order valence-corrected chi connectivity index (χ3v) is 2.75. The number of thioether (sulfide) groups is 1. The van der Waals surface area contributed by atoms with Crippen LogP contribution in [0.5, 0.6) is 0 Å². The molecule has 0 unspecified atom stereocenters. The fourth-order valence-corrected chi connectivity index (χ4v) is 1.94. The molecule has 0 aromatic heterocycles. The van der Waals surface area contributed by atoms with Gasteiger partial charge in [-0.2, -0.15) is 0 Å². The Kier molecular flexibility index (Phi) is 3.28. The summed E-state index contributed by atoms with van der Waals surface area (Å²) in [6.07, 6.45) is 0. The van der Waals surface area contributed by atoms with Crippen LogP contribution < -0.4 is 0 Å². The molecule has 0 aliphatic heterocycles. The van der Waals surface area contributed by atoms with E-state index in [9.17, 15) is 0 Å². The number of aryl methyl sites for hydroxylation is 2. The van der Waals surface area contributed by atoms with Crippen LogP contribution in [-0.4, -0.2) is 5.21 Å². The summed E-state index contributed by atoms with van der Waals surface area (Å²) in [6.45, 7) is 4.21. The summed E-state index contributed by atoms with van der Waals surface area (Å²) in [7, 11) is 0. The van der Waals surface area contributed by atoms with E-state index in [0.717, 1.165) is 0 Å². The minimum atomic E-state index is 0.629. The molecule has 60 valence electrons. The third kappa shape index (κ3) is 2.42. The zero-order chi connectivity index (χ0) is 8.27. The van der Waals surface area contributed by atoms with Gasteiger partial charge in [0.05, 0.1) is 5.21 Å². The number of benzene rings is 1. The lowest BCUT2D eigenvalue weighted by Crippen LogP contribution is -1.80. The first kappa shape index (κ1) is 8.95. The van der Waals surface area contributed by atoms with Crippen molar-refractivity contribution in [2.75, 3.05) is 5.21 Å². The minimum Gasteiger partial charge on any atom is -0.114 e. The van der Waals surface area contributed by atoms with E-state index in [1.54, 1.807) is 11.8 Å². The predicted octanol–water partition coefficient (Wildman–Crippen LogP) is 3.59. The SMILES string of the molecule is Cc1ccc(SCCl)c(C)c1. The quantitative estimate of drug-likeness (QED) is 0.503. The number of alkyl halides is 1. The van der Waals surface area contributed by atoms with Gasteiger partial charge < -0.3 is 0 Å². The molecule has 0 atom stereocenters. The van der Waals surface area contributed by atoms with E-state index in [1.165, 1.54) is 16.0 Å². The number of hydrogen-bond donors (Lipinski definition) is 0. The van der Waals surface area contributed by atoms with Crippen LogP contribution in [0.1, 0.15) is 11.1 Å². The normalized spacial score (nSPS) is 10.1. The van der Waals surface area contributed by atoms with E-state index < -0.39 is 0 Å². The molecule has 1 rings (SSSR count). The van der Waals surface area contributed by atoms with Crippen LogP contribution in [-0.2, 0) is 0 Å². The molecule has 0 fully saturated rings. The van der Waals surface area contributed by atoms with Crippen molar-refractivity contribution in [1.29, 1.82) is 0 Å². The van der Waals surface area contributed by atoms with Gasteiger partial charge in [-0.25, -0.2) is 0 Å². The first-order valence-corrected chi connectivity index (χ1v) is 5.02. The van der Waals surface area contributed by atoms with Gasteiger partial charge in [0.15, 0.2) is 0 Å². The Morgan fingerprint density at radius 3 is 2.64 bits per heavy atom. The minimum absolute atomic E-state index is 0.629. The molecule has 1 aromatic carbocycles. The highest BCUT2D eigenvalue weighted by atomic mass is 35.5. The molecule has 0 aliphatic carbocycles. The van der Waals surface area contributed by atoms with Crippen LogP contribution in [0.3, 0.4) is 0 Å². The Morgan fingerprint density at radius 1 is 1.36 bits per heavy atom. The van der Waals surface area contributed by atoms with Gasteiger partial charge in [0.25, 0.3) is 0 Å². The smallest absolute Gasteiger partial charge is 0.0727 e. The van der Waals surface area contributed by atoms with Crippen molar-refractivity contribution in [3.63, 3.8) is 0 Å². The predicted molar refractivity (Wildman–Crippen MR) is 52.5 cm³/mol. The Hall–Kier alpha value is -0.140. The summed E-state index contributed by atoms with van der Waals surface area (Å²) in [5.41, 5.74) is 2.62. The molecule has 0 aliphatic rings. The highest BCUT2D eigenvalue weighted by Gasteiger charge is 1.96. The first-order valence-electron chi connectivity index (χ1n) is 3.50. The Labute approximate surface area is 77.0 Å². The molecule has 0 bridgehead atoms. The fourth-order valence-electron chi connectivity index (χ4n) is 1.02. The molecule has 11 heavy (non-hydrogen) atoms. The van der Waals surface area contributed by atoms with E-state index in [0.29, 0.717) is 5.21 Å². The molecular weight excluding hydrogens is 176 g/mol. The van der Waals surface area contributed by atoms with Crippen LogP contribution in [0, 0.1) is 13.8 Å². The number of halogens is 1. The molecule has 0 heterocycles. The third-order valence-electron chi connectivity index (χ3n) is 1.54. The molecule has 0 saturated heterocycles. The van der Waals surface area contributed by atoms with Crippen LogP contribution in [0.2, 0.25) is 0 Å². The molecule has 0 N–H and O–H groups in total. The molecule has 1 aromatic rings. The van der Waals surface area contributed by atoms with E-state index in [1.807, 2.05) is 0 Å². The molecule has 2 heteroatoms. The molecule has 0 spiro atoms. The van der Waals surface area contributed by atoms with E-state index in [2.05, 4.69) is 32.0 Å². The number of rotatable bonds is 2. The van der Waals surface area contributed by atoms with E-state index in [4.69, 9.17) is 11.6 Å². The summed E-state index contributed by atoms with van der Waals surface area (Å²) in [4.78, 5) is 1.28. The van der Waals surface area contributed by atoms with Crippen LogP contribution in [0.25, 0.3) is 0 Å². The van der Waals surface area contributed by atoms with Gasteiger partial charge >= 0.3 is 0 Å². The van der Waals surface area contributed by atoms with Crippen molar-refractivity contribution in [1.82, 2.24) is 0 Å². The second-order valence-electron chi connectivity index (χ2n) is 2.52. The monoisotopic (exact) mass is 186 g/mol. The molecule has 0 saturated carbocycles. The van der Waals surface area contributed by atoms with Crippen LogP contribution in [0.4, 0.5) is 0 Å². The van der Waals surface area contributed by atoms with Crippen molar-refractivity contribution in [2.45, 2.75) is 18.7 Å². The van der Waals surface area contributed by atoms with Gasteiger partial charge in [-0.05, 0) is 25.5 Å². The molecular formula is C9H11ClS. The maximum Gasteiger partial charge on any atom is 0.0727 e. The van der Waals surface area contributed by atoms with Gasteiger partial charge in [0, 0.05) is 4.90 Å². The largest absolute Gasteiger partial charge is 0.114 e. The number of hydrogen-bond acceptors (Lipinski definition) is 1. The Morgan fingerprint density at radius 2 is 2.09 bits per heavy atom. The zero-order valence-corrected chi connectivity index (χ0v) is 8.30. The lowest BCUT2D eigenvalue weighted by atomic mass is 10.2. The highest BCUT2D eigenvalue weighted by molar-refractivity contribution is 8.00. The average Bonchev–Trinajstić information content (AvgIpc) is 1.95. The maximum absolute atomic E-state index is 5.61. The van der Waals surface area contributed by atoms with E-state index >= 15 is 0 Å². The fraction of sp³-hybridized carbons (Fsp3) is 0.333. The van der Waals surface area contributed by atoms with Gasteiger partial charge in [-0.15, -0.1) is 23.4 Å². The lowest BCUT2D eigenvalue weighted by Gasteiger charge is -2.02. The van der Waals surface area contributed by atoms with Crippen molar-refractivity contribution in [3.05, 3.63) is 29.3 Å². The lowest BCUT2D eigenvalue weighted by molar-refractivity contribution is 1.27. The Bertz CT molecular complexity index is 245. The van der Waals surface area contributed by atoms with Gasteiger partial charge in [-0.3, -0.25) is 0 Å². The summed E-state index contributed by atoms with van der Waals surface area (Å²) in [5.74, 6) is 0. The van der Waals surface area contributed by atoms with E-state index in [-0.39, 0.29) is 0 Å². The molecule has 0 nitrogen and oxygen atoms in total. The van der Waals surface area contributed by atoms with Crippen molar-refractivity contribution in [2.24, 2.45) is 0 Å². The van der Waals surface area contributed by atoms with Gasteiger partial charge in [0.1, 0.15) is 0 Å². The van der Waals surface area contributed by atoms with Crippen molar-refractivity contribution < 1.29 is 0 Å². The second-order valence-corrected chi connectivity index (χ2v) is 4.12. The van der Waals surface area contributed by atoms with Crippen molar-refractivity contribution in [3.8, 4) is 0 Å². The maximum atomic E-state index is 5.61. The highest BCUT2D eigenvalue weighted by Crippen LogP contribution is 2.23. The second kappa shape index (κ2) is 4.03. The summed E-state index contributed by atoms with van der Waals surface area (Å²) >= 11 is 7.29.